The number of fused-ring (bicyclic) bond motifs is 1. The van der Waals surface area contributed by atoms with Crippen molar-refractivity contribution in [2.24, 2.45) is 4.99 Å². The Morgan fingerprint density at radius 3 is 2.72 bits per heavy atom. The summed E-state index contributed by atoms with van der Waals surface area (Å²) in [5.74, 6) is -0.515. The Kier molecular flexibility index (Phi) is 7.01. The van der Waals surface area contributed by atoms with Gasteiger partial charge in [0.25, 0.3) is 5.91 Å². The summed E-state index contributed by atoms with van der Waals surface area (Å²) in [6.07, 6.45) is -2.49. The maximum absolute atomic E-state index is 13.7. The van der Waals surface area contributed by atoms with Gasteiger partial charge in [-0.2, -0.15) is 0 Å². The van der Waals surface area contributed by atoms with Crippen LogP contribution in [0, 0.1) is 0 Å². The van der Waals surface area contributed by atoms with Crippen molar-refractivity contribution < 1.29 is 32.2 Å². The van der Waals surface area contributed by atoms with Gasteiger partial charge in [-0.05, 0) is 37.6 Å². The van der Waals surface area contributed by atoms with E-state index in [0.29, 0.717) is 28.7 Å². The van der Waals surface area contributed by atoms with Crippen molar-refractivity contribution in [2.75, 3.05) is 26.0 Å². The Hall–Kier alpha value is -3.51. The van der Waals surface area contributed by atoms with Crippen LogP contribution in [0.15, 0.2) is 23.3 Å². The predicted molar refractivity (Wildman–Crippen MR) is 125 cm³/mol. The lowest BCUT2D eigenvalue weighted by Crippen LogP contribution is -2.51. The van der Waals surface area contributed by atoms with Crippen LogP contribution < -0.4 is 21.0 Å². The maximum atomic E-state index is 13.7. The van der Waals surface area contributed by atoms with E-state index in [1.165, 1.54) is 13.1 Å². The number of morpholine rings is 1. The highest BCUT2D eigenvalue weighted by atomic mass is 19.4. The van der Waals surface area contributed by atoms with Crippen LogP contribution in [-0.4, -0.2) is 59.2 Å². The van der Waals surface area contributed by atoms with E-state index in [-0.39, 0.29) is 31.1 Å². The molecule has 0 unspecified atom stereocenters. The van der Waals surface area contributed by atoms with Gasteiger partial charge < -0.3 is 24.8 Å². The highest BCUT2D eigenvalue weighted by Gasteiger charge is 2.37. The second kappa shape index (κ2) is 9.86. The van der Waals surface area contributed by atoms with E-state index in [4.69, 9.17) is 15.2 Å². The first kappa shape index (κ1) is 25.6. The number of nitrogen functional groups attached to an aromatic ring is 1. The molecule has 2 aromatic rings. The molecular weight excluding hydrogens is 479 g/mol. The zero-order valence-electron chi connectivity index (χ0n) is 20.0. The number of nitrogens with two attached hydrogens (primary N) is 1. The maximum Gasteiger partial charge on any atom is 0.573 e. The minimum absolute atomic E-state index is 0.115. The fraction of sp³-hybridized carbons (Fsp3) is 0.417. The van der Waals surface area contributed by atoms with Crippen molar-refractivity contribution in [3.05, 3.63) is 45.7 Å². The van der Waals surface area contributed by atoms with Gasteiger partial charge in [0.2, 0.25) is 0 Å². The Balaban J connectivity index is 1.69. The lowest BCUT2D eigenvalue weighted by atomic mass is 10.0. The molecule has 4 heterocycles. The van der Waals surface area contributed by atoms with E-state index in [1.54, 1.807) is 11.0 Å². The Labute approximate surface area is 205 Å². The third-order valence-electron chi connectivity index (χ3n) is 6.13. The number of anilines is 1. The molecule has 0 aromatic carbocycles. The zero-order valence-corrected chi connectivity index (χ0v) is 20.0. The molecule has 2 aliphatic heterocycles. The summed E-state index contributed by atoms with van der Waals surface area (Å²) in [4.78, 5) is 27.9. The second-order valence-corrected chi connectivity index (χ2v) is 8.54. The molecule has 0 radical (unpaired) electrons. The van der Waals surface area contributed by atoms with E-state index < -0.39 is 24.1 Å². The first-order valence-electron chi connectivity index (χ1n) is 11.2. The number of hydrogen-bond acceptors (Lipinski definition) is 8. The van der Waals surface area contributed by atoms with E-state index in [1.807, 2.05) is 13.8 Å². The Bertz CT molecular complexity index is 1300. The zero-order chi connectivity index (χ0) is 26.2. The van der Waals surface area contributed by atoms with Crippen molar-refractivity contribution in [1.29, 1.82) is 0 Å². The van der Waals surface area contributed by atoms with Crippen LogP contribution in [-0.2, 0) is 20.9 Å². The van der Waals surface area contributed by atoms with Gasteiger partial charge in [-0.15, -0.1) is 13.2 Å². The SMILES string of the molecule is C=c1nc(N)c2c(/c1=C/C(=NC)C(=O)N1[C@H](C)COC[C@@H]1c1ccc(OC(F)(F)F)cn1)CO[C@@H]2C. The molecule has 192 valence electrons. The highest BCUT2D eigenvalue weighted by Crippen LogP contribution is 2.31. The van der Waals surface area contributed by atoms with Crippen LogP contribution in [0.5, 0.6) is 5.75 Å². The van der Waals surface area contributed by atoms with Crippen LogP contribution in [0.25, 0.3) is 12.7 Å². The van der Waals surface area contributed by atoms with E-state index >= 15 is 0 Å². The third kappa shape index (κ3) is 5.05. The Morgan fingerprint density at radius 1 is 1.33 bits per heavy atom. The summed E-state index contributed by atoms with van der Waals surface area (Å²) in [6.45, 7) is 8.35. The molecule has 2 aromatic heterocycles. The van der Waals surface area contributed by atoms with Gasteiger partial charge in [-0.1, -0.05) is 6.58 Å². The van der Waals surface area contributed by atoms with Crippen molar-refractivity contribution in [1.82, 2.24) is 14.9 Å². The first-order chi connectivity index (χ1) is 17.0. The number of carbonyl (C=O) groups excluding carboxylic acids is 1. The van der Waals surface area contributed by atoms with Gasteiger partial charge in [0, 0.05) is 17.8 Å². The number of pyridine rings is 2. The molecule has 12 heteroatoms. The molecule has 2 aliphatic rings. The van der Waals surface area contributed by atoms with Gasteiger partial charge in [-0.3, -0.25) is 14.8 Å². The van der Waals surface area contributed by atoms with Crippen LogP contribution in [0.1, 0.15) is 42.8 Å². The summed E-state index contributed by atoms with van der Waals surface area (Å²) < 4.78 is 52.8. The number of carbonyl (C=O) groups is 1. The molecule has 36 heavy (non-hydrogen) atoms. The number of ether oxygens (including phenoxy) is 3. The average Bonchev–Trinajstić information content (AvgIpc) is 3.20. The minimum Gasteiger partial charge on any atom is -0.404 e. The summed E-state index contributed by atoms with van der Waals surface area (Å²) in [6, 6.07) is 1.53. The van der Waals surface area contributed by atoms with E-state index in [9.17, 15) is 18.0 Å². The number of aromatic nitrogens is 2. The first-order valence-corrected chi connectivity index (χ1v) is 11.2. The smallest absolute Gasteiger partial charge is 0.404 e. The lowest BCUT2D eigenvalue weighted by molar-refractivity contribution is -0.274. The molecule has 1 fully saturated rings. The van der Waals surface area contributed by atoms with Gasteiger partial charge in [0.15, 0.2) is 0 Å². The van der Waals surface area contributed by atoms with Crippen LogP contribution in [0.4, 0.5) is 19.0 Å². The average molecular weight is 505 g/mol. The molecule has 3 atom stereocenters. The van der Waals surface area contributed by atoms with Crippen molar-refractivity contribution in [3.8, 4) is 5.75 Å². The van der Waals surface area contributed by atoms with Crippen LogP contribution in [0.2, 0.25) is 0 Å². The molecule has 2 N–H and O–H groups in total. The number of rotatable bonds is 4. The standard InChI is InChI=1S/C24H26F3N5O4/c1-12-9-34-11-20(18-6-5-15(8-30-18)36-24(25,26)27)32(12)23(33)19(29-4)7-16-13(2)31-22(28)21-14(3)35-10-17(16)21/h5-8,12,14,20H,2,9-11H2,1,3-4H3,(H2,28,31)/b16-7+,29-19?/t12-,14-,20-/m1/s1. The van der Waals surface area contributed by atoms with Gasteiger partial charge in [-0.25, -0.2) is 4.98 Å². The van der Waals surface area contributed by atoms with E-state index in [2.05, 4.69) is 26.3 Å². The third-order valence-corrected chi connectivity index (χ3v) is 6.13. The van der Waals surface area contributed by atoms with Crippen LogP contribution >= 0.6 is 0 Å². The number of aliphatic imine (C=N–C) groups is 1. The topological polar surface area (TPSA) is 112 Å². The molecule has 0 bridgehead atoms. The molecule has 0 aliphatic carbocycles. The number of alkyl halides is 3. The highest BCUT2D eigenvalue weighted by molar-refractivity contribution is 6.50. The molecule has 4 rings (SSSR count). The summed E-state index contributed by atoms with van der Waals surface area (Å²) in [7, 11) is 1.50. The molecule has 0 saturated carbocycles. The fourth-order valence-corrected chi connectivity index (χ4v) is 4.47. The largest absolute Gasteiger partial charge is 0.573 e. The van der Waals surface area contributed by atoms with Crippen molar-refractivity contribution in [2.45, 2.75) is 45.0 Å². The van der Waals surface area contributed by atoms with E-state index in [0.717, 1.165) is 23.4 Å². The number of nitrogens with zero attached hydrogens (tertiary/aromatic N) is 4. The fourth-order valence-electron chi connectivity index (χ4n) is 4.47. The number of hydrogen-bond donors (Lipinski definition) is 1. The summed E-state index contributed by atoms with van der Waals surface area (Å²) in [5, 5.41) is 1.01. The molecule has 9 nitrogen and oxygen atoms in total. The van der Waals surface area contributed by atoms with Gasteiger partial charge >= 0.3 is 6.36 Å². The minimum atomic E-state index is -4.83. The second-order valence-electron chi connectivity index (χ2n) is 8.54. The summed E-state index contributed by atoms with van der Waals surface area (Å²) in [5.41, 5.74) is 8.15. The molecule has 1 saturated heterocycles. The monoisotopic (exact) mass is 505 g/mol. The Morgan fingerprint density at radius 2 is 2.08 bits per heavy atom. The van der Waals surface area contributed by atoms with Crippen molar-refractivity contribution in [3.63, 3.8) is 0 Å². The lowest BCUT2D eigenvalue weighted by Gasteiger charge is -2.40. The number of amides is 1. The van der Waals surface area contributed by atoms with Crippen molar-refractivity contribution >= 4 is 30.1 Å². The molecule has 1 amide bonds. The predicted octanol–water partition coefficient (Wildman–Crippen LogP) is 1.80. The normalized spacial score (nSPS) is 23.1. The summed E-state index contributed by atoms with van der Waals surface area (Å²) >= 11 is 0. The van der Waals surface area contributed by atoms with Crippen LogP contribution in [0.3, 0.4) is 0 Å². The quantitative estimate of drug-likeness (QED) is 0.631. The van der Waals surface area contributed by atoms with Gasteiger partial charge in [0.1, 0.15) is 17.3 Å². The molecule has 0 spiro atoms. The molecular formula is C24H26F3N5O4. The number of halogens is 3. The van der Waals surface area contributed by atoms with Gasteiger partial charge in [0.05, 0.1) is 55.2 Å².